The highest BCUT2D eigenvalue weighted by Gasteiger charge is 2.27. The largest absolute Gasteiger partial charge is 0.335 e. The molecule has 4 nitrogen and oxygen atoms in total. The van der Waals surface area contributed by atoms with Crippen molar-refractivity contribution in [3.8, 4) is 6.07 Å². The molecular formula is C15H26N4. The second kappa shape index (κ2) is 7.30. The summed E-state index contributed by atoms with van der Waals surface area (Å²) in [5.41, 5.74) is -0.388. The number of nitrogens with zero attached hydrogens (tertiary/aromatic N) is 3. The van der Waals surface area contributed by atoms with Gasteiger partial charge >= 0.3 is 0 Å². The van der Waals surface area contributed by atoms with E-state index in [0.29, 0.717) is 6.04 Å². The Bertz CT molecular complexity index is 416. The van der Waals surface area contributed by atoms with E-state index in [2.05, 4.69) is 48.6 Å². The first-order valence-electron chi connectivity index (χ1n) is 7.26. The lowest BCUT2D eigenvalue weighted by molar-refractivity contribution is 0.328. The van der Waals surface area contributed by atoms with Crippen molar-refractivity contribution >= 4 is 0 Å². The lowest BCUT2D eigenvalue weighted by atomic mass is 9.91. The zero-order valence-corrected chi connectivity index (χ0v) is 12.6. The van der Waals surface area contributed by atoms with Crippen molar-refractivity contribution in [3.05, 3.63) is 18.2 Å². The average Bonchev–Trinajstić information content (AvgIpc) is 2.84. The Morgan fingerprint density at radius 3 is 2.74 bits per heavy atom. The smallest absolute Gasteiger partial charge is 0.108 e. The van der Waals surface area contributed by atoms with E-state index in [0.717, 1.165) is 38.1 Å². The summed E-state index contributed by atoms with van der Waals surface area (Å²) < 4.78 is 2.19. The molecule has 0 aliphatic heterocycles. The molecule has 0 amide bonds. The maximum Gasteiger partial charge on any atom is 0.108 e. The molecule has 1 aromatic rings. The van der Waals surface area contributed by atoms with E-state index in [1.54, 1.807) is 0 Å². The molecule has 1 N–H and O–H groups in total. The summed E-state index contributed by atoms with van der Waals surface area (Å²) >= 11 is 0. The lowest BCUT2D eigenvalue weighted by Gasteiger charge is -2.29. The van der Waals surface area contributed by atoms with Gasteiger partial charge in [0.25, 0.3) is 0 Å². The second-order valence-corrected chi connectivity index (χ2v) is 5.34. The molecule has 0 aliphatic rings. The Morgan fingerprint density at radius 2 is 2.21 bits per heavy atom. The van der Waals surface area contributed by atoms with Crippen LogP contribution in [0.4, 0.5) is 0 Å². The average molecular weight is 262 g/mol. The van der Waals surface area contributed by atoms with E-state index in [9.17, 15) is 5.26 Å². The fourth-order valence-corrected chi connectivity index (χ4v) is 2.48. The summed E-state index contributed by atoms with van der Waals surface area (Å²) in [6.45, 7) is 9.31. The SMILES string of the molecule is CCc1nccn1CCCC(C#N)(CC)NC(C)C. The van der Waals surface area contributed by atoms with Crippen LogP contribution in [0.3, 0.4) is 0 Å². The van der Waals surface area contributed by atoms with Crippen LogP contribution < -0.4 is 5.32 Å². The summed E-state index contributed by atoms with van der Waals surface area (Å²) in [6, 6.07) is 2.80. The van der Waals surface area contributed by atoms with Gasteiger partial charge in [-0.3, -0.25) is 5.32 Å². The molecule has 1 rings (SSSR count). The quantitative estimate of drug-likeness (QED) is 0.783. The van der Waals surface area contributed by atoms with Crippen LogP contribution in [0.25, 0.3) is 0 Å². The van der Waals surface area contributed by atoms with Crippen LogP contribution in [-0.2, 0) is 13.0 Å². The van der Waals surface area contributed by atoms with Gasteiger partial charge in [-0.2, -0.15) is 5.26 Å². The van der Waals surface area contributed by atoms with Gasteiger partial charge in [0.05, 0.1) is 6.07 Å². The molecule has 0 radical (unpaired) electrons. The number of nitrogens with one attached hydrogen (secondary N) is 1. The second-order valence-electron chi connectivity index (χ2n) is 5.34. The Kier molecular flexibility index (Phi) is 6.04. The standard InChI is InChI=1S/C15H26N4/c1-5-14-17-9-11-19(14)10-7-8-15(6-2,12-16)18-13(3)4/h9,11,13,18H,5-8,10H2,1-4H3. The van der Waals surface area contributed by atoms with Crippen LogP contribution in [-0.4, -0.2) is 21.1 Å². The highest BCUT2D eigenvalue weighted by molar-refractivity contribution is 5.07. The number of imidazole rings is 1. The molecule has 0 fully saturated rings. The normalized spacial score (nSPS) is 14.3. The molecule has 1 unspecified atom stereocenters. The topological polar surface area (TPSA) is 53.6 Å². The summed E-state index contributed by atoms with van der Waals surface area (Å²) in [5, 5.41) is 12.9. The highest BCUT2D eigenvalue weighted by Crippen LogP contribution is 2.18. The van der Waals surface area contributed by atoms with Gasteiger partial charge < -0.3 is 4.57 Å². The predicted octanol–water partition coefficient (Wildman–Crippen LogP) is 2.90. The highest BCUT2D eigenvalue weighted by atomic mass is 15.1. The maximum absolute atomic E-state index is 9.45. The zero-order valence-electron chi connectivity index (χ0n) is 12.6. The van der Waals surface area contributed by atoms with Crippen molar-refractivity contribution in [2.24, 2.45) is 0 Å². The van der Waals surface area contributed by atoms with E-state index in [1.807, 2.05) is 12.4 Å². The number of hydrogen-bond acceptors (Lipinski definition) is 3. The first kappa shape index (κ1) is 15.7. The molecular weight excluding hydrogens is 236 g/mol. The van der Waals surface area contributed by atoms with Crippen molar-refractivity contribution in [1.29, 1.82) is 5.26 Å². The van der Waals surface area contributed by atoms with Gasteiger partial charge in [-0.1, -0.05) is 13.8 Å². The number of nitriles is 1. The Balaban J connectivity index is 2.56. The van der Waals surface area contributed by atoms with Gasteiger partial charge in [0.15, 0.2) is 0 Å². The van der Waals surface area contributed by atoms with Gasteiger partial charge in [0.1, 0.15) is 11.4 Å². The minimum Gasteiger partial charge on any atom is -0.335 e. The molecule has 19 heavy (non-hydrogen) atoms. The number of aromatic nitrogens is 2. The maximum atomic E-state index is 9.45. The minimum absolute atomic E-state index is 0.332. The van der Waals surface area contributed by atoms with Crippen LogP contribution >= 0.6 is 0 Å². The number of hydrogen-bond donors (Lipinski definition) is 1. The van der Waals surface area contributed by atoms with Gasteiger partial charge in [0, 0.05) is 31.4 Å². The van der Waals surface area contributed by atoms with E-state index >= 15 is 0 Å². The Labute approximate surface area is 116 Å². The summed E-state index contributed by atoms with van der Waals surface area (Å²) in [7, 11) is 0. The van der Waals surface area contributed by atoms with Crippen LogP contribution in [0.15, 0.2) is 12.4 Å². The lowest BCUT2D eigenvalue weighted by Crippen LogP contribution is -2.47. The predicted molar refractivity (Wildman–Crippen MR) is 77.7 cm³/mol. The molecule has 0 aromatic carbocycles. The van der Waals surface area contributed by atoms with Crippen LogP contribution in [0, 0.1) is 11.3 Å². The van der Waals surface area contributed by atoms with E-state index < -0.39 is 0 Å². The Morgan fingerprint density at radius 1 is 1.47 bits per heavy atom. The van der Waals surface area contributed by atoms with Gasteiger partial charge in [-0.25, -0.2) is 4.98 Å². The summed E-state index contributed by atoms with van der Waals surface area (Å²) in [4.78, 5) is 4.32. The van der Waals surface area contributed by atoms with E-state index in [4.69, 9.17) is 0 Å². The Hall–Kier alpha value is -1.34. The number of rotatable bonds is 8. The zero-order chi connectivity index (χ0) is 14.3. The molecule has 4 heteroatoms. The molecule has 0 saturated carbocycles. The molecule has 0 bridgehead atoms. The van der Waals surface area contributed by atoms with Gasteiger partial charge in [-0.05, 0) is 33.1 Å². The van der Waals surface area contributed by atoms with Crippen molar-refractivity contribution in [3.63, 3.8) is 0 Å². The van der Waals surface area contributed by atoms with Crippen molar-refractivity contribution in [1.82, 2.24) is 14.9 Å². The van der Waals surface area contributed by atoms with Crippen molar-refractivity contribution in [2.45, 2.75) is 71.5 Å². The minimum atomic E-state index is -0.388. The molecule has 0 saturated heterocycles. The van der Waals surface area contributed by atoms with Crippen molar-refractivity contribution < 1.29 is 0 Å². The molecule has 0 spiro atoms. The third kappa shape index (κ3) is 4.36. The third-order valence-corrected chi connectivity index (χ3v) is 3.50. The number of aryl methyl sites for hydroxylation is 2. The first-order chi connectivity index (χ1) is 9.06. The van der Waals surface area contributed by atoms with Crippen LogP contribution in [0.5, 0.6) is 0 Å². The summed E-state index contributed by atoms with van der Waals surface area (Å²) in [5.74, 6) is 1.12. The molecule has 106 valence electrons. The fourth-order valence-electron chi connectivity index (χ4n) is 2.48. The van der Waals surface area contributed by atoms with E-state index in [1.165, 1.54) is 0 Å². The summed E-state index contributed by atoms with van der Waals surface area (Å²) in [6.07, 6.45) is 7.53. The monoisotopic (exact) mass is 262 g/mol. The molecule has 1 heterocycles. The van der Waals surface area contributed by atoms with Crippen molar-refractivity contribution in [2.75, 3.05) is 0 Å². The first-order valence-corrected chi connectivity index (χ1v) is 7.26. The fraction of sp³-hybridized carbons (Fsp3) is 0.733. The molecule has 0 aliphatic carbocycles. The van der Waals surface area contributed by atoms with Gasteiger partial charge in [-0.15, -0.1) is 0 Å². The molecule has 1 aromatic heterocycles. The van der Waals surface area contributed by atoms with Crippen LogP contribution in [0.2, 0.25) is 0 Å². The van der Waals surface area contributed by atoms with E-state index in [-0.39, 0.29) is 5.54 Å². The molecule has 1 atom stereocenters. The van der Waals surface area contributed by atoms with Gasteiger partial charge in [0.2, 0.25) is 0 Å². The van der Waals surface area contributed by atoms with Crippen LogP contribution in [0.1, 0.15) is 52.8 Å². The third-order valence-electron chi connectivity index (χ3n) is 3.50.